The molecule has 0 aliphatic carbocycles. The first kappa shape index (κ1) is 6.28. The van der Waals surface area contributed by atoms with E-state index in [1.165, 1.54) is 5.56 Å². The number of H-pyrrole nitrogens is 1. The smallest absolute Gasteiger partial charge is 0.0571 e. The van der Waals surface area contributed by atoms with Crippen molar-refractivity contribution < 1.29 is 0 Å². The third-order valence-electron chi connectivity index (χ3n) is 1.87. The van der Waals surface area contributed by atoms with Crippen LogP contribution in [0.2, 0.25) is 0 Å². The van der Waals surface area contributed by atoms with Crippen molar-refractivity contribution in [2.75, 3.05) is 5.73 Å². The third kappa shape index (κ3) is 0.871. The normalized spacial score (nSPS) is 10.6. The highest BCUT2D eigenvalue weighted by molar-refractivity contribution is 5.91. The first-order valence-corrected chi connectivity index (χ1v) is 3.60. The molecule has 2 rings (SSSR count). The second-order valence-electron chi connectivity index (χ2n) is 2.79. The number of hydrogen-bond donors (Lipinski definition) is 2. The summed E-state index contributed by atoms with van der Waals surface area (Å²) in [5, 5.41) is 1.12. The van der Waals surface area contributed by atoms with Gasteiger partial charge in [-0.2, -0.15) is 0 Å². The predicted octanol–water partition coefficient (Wildman–Crippen LogP) is 2.06. The summed E-state index contributed by atoms with van der Waals surface area (Å²) in [5.74, 6) is 0. The Labute approximate surface area is 65.0 Å². The van der Waals surface area contributed by atoms with Crippen LogP contribution in [0, 0.1) is 6.92 Å². The Morgan fingerprint density at radius 3 is 3.00 bits per heavy atom. The van der Waals surface area contributed by atoms with Crippen LogP contribution in [0.25, 0.3) is 10.9 Å². The highest BCUT2D eigenvalue weighted by Crippen LogP contribution is 2.20. The zero-order valence-corrected chi connectivity index (χ0v) is 6.39. The molecule has 56 valence electrons. The van der Waals surface area contributed by atoms with E-state index >= 15 is 0 Å². The lowest BCUT2D eigenvalue weighted by atomic mass is 10.2. The van der Waals surface area contributed by atoms with E-state index in [9.17, 15) is 0 Å². The summed E-state index contributed by atoms with van der Waals surface area (Å²) in [6, 6.07) is 6.19. The molecule has 0 unspecified atom stereocenters. The molecule has 1 aromatic carbocycles. The van der Waals surface area contributed by atoms with Crippen LogP contribution in [-0.4, -0.2) is 4.98 Å². The summed E-state index contributed by atoms with van der Waals surface area (Å²) in [6.45, 7) is 2.06. The Kier molecular flexibility index (Phi) is 1.15. The summed E-state index contributed by atoms with van der Waals surface area (Å²) < 4.78 is 0. The number of nitrogens with one attached hydrogen (secondary N) is 1. The van der Waals surface area contributed by atoms with Crippen molar-refractivity contribution in [1.82, 2.24) is 4.98 Å². The summed E-state index contributed by atoms with van der Waals surface area (Å²) in [4.78, 5) is 3.09. The number of benzene rings is 1. The maximum Gasteiger partial charge on any atom is 0.0571 e. The number of rotatable bonds is 0. The monoisotopic (exact) mass is 146 g/mol. The van der Waals surface area contributed by atoms with Gasteiger partial charge in [0.05, 0.1) is 5.69 Å². The Bertz CT molecular complexity index is 387. The van der Waals surface area contributed by atoms with Crippen LogP contribution in [-0.2, 0) is 0 Å². The number of nitrogen functional groups attached to an aromatic ring is 1. The number of aromatic amines is 1. The van der Waals surface area contributed by atoms with E-state index in [2.05, 4.69) is 24.0 Å². The summed E-state index contributed by atoms with van der Waals surface area (Å²) in [5.41, 5.74) is 8.88. The third-order valence-corrected chi connectivity index (χ3v) is 1.87. The molecule has 0 aliphatic heterocycles. The first-order valence-electron chi connectivity index (χ1n) is 3.60. The molecule has 11 heavy (non-hydrogen) atoms. The standard InChI is InChI=1S/C9H10N2/c1-6-2-3-9-7(4-6)8(10)5-11-9/h2-5,11H,10H2,1H3. The van der Waals surface area contributed by atoms with Crippen molar-refractivity contribution in [2.24, 2.45) is 0 Å². The number of aryl methyl sites for hydroxylation is 1. The van der Waals surface area contributed by atoms with Crippen LogP contribution in [0.3, 0.4) is 0 Å². The van der Waals surface area contributed by atoms with Crippen molar-refractivity contribution in [2.45, 2.75) is 6.92 Å². The maximum atomic E-state index is 5.71. The fourth-order valence-electron chi connectivity index (χ4n) is 1.26. The van der Waals surface area contributed by atoms with E-state index < -0.39 is 0 Å². The molecule has 0 radical (unpaired) electrons. The van der Waals surface area contributed by atoms with Crippen LogP contribution >= 0.6 is 0 Å². The molecule has 2 nitrogen and oxygen atoms in total. The summed E-state index contributed by atoms with van der Waals surface area (Å²) >= 11 is 0. The van der Waals surface area contributed by atoms with Gasteiger partial charge in [-0.25, -0.2) is 0 Å². The van der Waals surface area contributed by atoms with Crippen molar-refractivity contribution in [3.05, 3.63) is 30.0 Å². The molecule has 0 bridgehead atoms. The Morgan fingerprint density at radius 2 is 2.18 bits per heavy atom. The molecule has 0 fully saturated rings. The van der Waals surface area contributed by atoms with Crippen LogP contribution in [0.5, 0.6) is 0 Å². The Hall–Kier alpha value is -1.44. The van der Waals surface area contributed by atoms with E-state index in [0.717, 1.165) is 16.6 Å². The molecule has 1 heterocycles. The Morgan fingerprint density at radius 1 is 1.36 bits per heavy atom. The van der Waals surface area contributed by atoms with Gasteiger partial charge in [-0.15, -0.1) is 0 Å². The molecule has 2 heteroatoms. The van der Waals surface area contributed by atoms with Gasteiger partial charge in [0, 0.05) is 17.1 Å². The van der Waals surface area contributed by atoms with Gasteiger partial charge in [-0.05, 0) is 19.1 Å². The fraction of sp³-hybridized carbons (Fsp3) is 0.111. The number of anilines is 1. The van der Waals surface area contributed by atoms with E-state index in [1.54, 1.807) is 0 Å². The van der Waals surface area contributed by atoms with Gasteiger partial charge in [0.2, 0.25) is 0 Å². The largest absolute Gasteiger partial charge is 0.397 e. The van der Waals surface area contributed by atoms with Gasteiger partial charge >= 0.3 is 0 Å². The fourth-order valence-corrected chi connectivity index (χ4v) is 1.26. The topological polar surface area (TPSA) is 41.8 Å². The van der Waals surface area contributed by atoms with E-state index in [-0.39, 0.29) is 0 Å². The lowest BCUT2D eigenvalue weighted by molar-refractivity contribution is 1.46. The molecule has 3 N–H and O–H groups in total. The lowest BCUT2D eigenvalue weighted by Gasteiger charge is -1.92. The SMILES string of the molecule is Cc1ccc2[nH]cc(N)c2c1. The second-order valence-corrected chi connectivity index (χ2v) is 2.79. The number of nitrogens with two attached hydrogens (primary N) is 1. The van der Waals surface area contributed by atoms with Gasteiger partial charge in [-0.3, -0.25) is 0 Å². The van der Waals surface area contributed by atoms with Gasteiger partial charge in [0.15, 0.2) is 0 Å². The molecule has 0 atom stereocenters. The van der Waals surface area contributed by atoms with Crippen LogP contribution in [0.4, 0.5) is 5.69 Å². The Balaban J connectivity index is 2.87. The average Bonchev–Trinajstić information content (AvgIpc) is 2.33. The van der Waals surface area contributed by atoms with E-state index in [0.29, 0.717) is 0 Å². The van der Waals surface area contributed by atoms with Crippen LogP contribution < -0.4 is 5.73 Å². The zero-order chi connectivity index (χ0) is 7.84. The van der Waals surface area contributed by atoms with Crippen molar-refractivity contribution in [3.8, 4) is 0 Å². The van der Waals surface area contributed by atoms with Crippen molar-refractivity contribution in [1.29, 1.82) is 0 Å². The molecule has 0 aliphatic rings. The predicted molar refractivity (Wildman–Crippen MR) is 47.4 cm³/mol. The lowest BCUT2D eigenvalue weighted by Crippen LogP contribution is -1.80. The van der Waals surface area contributed by atoms with Gasteiger partial charge in [0.25, 0.3) is 0 Å². The average molecular weight is 146 g/mol. The van der Waals surface area contributed by atoms with Gasteiger partial charge in [0.1, 0.15) is 0 Å². The summed E-state index contributed by atoms with van der Waals surface area (Å²) in [7, 11) is 0. The molecule has 1 aromatic heterocycles. The van der Waals surface area contributed by atoms with Crippen molar-refractivity contribution in [3.63, 3.8) is 0 Å². The molecule has 0 saturated carbocycles. The quantitative estimate of drug-likeness (QED) is 0.587. The number of fused-ring (bicyclic) bond motifs is 1. The van der Waals surface area contributed by atoms with E-state index in [1.807, 2.05) is 12.3 Å². The summed E-state index contributed by atoms with van der Waals surface area (Å²) in [6.07, 6.45) is 1.82. The highest BCUT2D eigenvalue weighted by atomic mass is 14.7. The maximum absolute atomic E-state index is 5.71. The number of aromatic nitrogens is 1. The van der Waals surface area contributed by atoms with Crippen LogP contribution in [0.1, 0.15) is 5.56 Å². The van der Waals surface area contributed by atoms with Crippen molar-refractivity contribution >= 4 is 16.6 Å². The minimum Gasteiger partial charge on any atom is -0.397 e. The second kappa shape index (κ2) is 2.02. The first-order chi connectivity index (χ1) is 5.27. The van der Waals surface area contributed by atoms with Crippen LogP contribution in [0.15, 0.2) is 24.4 Å². The minimum atomic E-state index is 0.823. The molecule has 0 saturated heterocycles. The number of hydrogen-bond acceptors (Lipinski definition) is 1. The highest BCUT2D eigenvalue weighted by Gasteiger charge is 1.97. The van der Waals surface area contributed by atoms with E-state index in [4.69, 9.17) is 5.73 Å². The minimum absolute atomic E-state index is 0.823. The molecule has 0 spiro atoms. The van der Waals surface area contributed by atoms with Gasteiger partial charge in [-0.1, -0.05) is 11.6 Å². The zero-order valence-electron chi connectivity index (χ0n) is 6.39. The van der Waals surface area contributed by atoms with Gasteiger partial charge < -0.3 is 10.7 Å². The molecular weight excluding hydrogens is 136 g/mol. The molecular formula is C9H10N2. The molecule has 2 aromatic rings. The molecule has 0 amide bonds.